The highest BCUT2D eigenvalue weighted by molar-refractivity contribution is 7.99. The van der Waals surface area contributed by atoms with E-state index < -0.39 is 0 Å². The summed E-state index contributed by atoms with van der Waals surface area (Å²) in [5.41, 5.74) is 2.45. The molecule has 7 nitrogen and oxygen atoms in total. The average molecular weight is 356 g/mol. The lowest BCUT2D eigenvalue weighted by molar-refractivity contribution is -0.113. The van der Waals surface area contributed by atoms with E-state index in [1.54, 1.807) is 31.6 Å². The summed E-state index contributed by atoms with van der Waals surface area (Å²) in [6.45, 7) is 1.95. The van der Waals surface area contributed by atoms with Gasteiger partial charge in [-0.05, 0) is 36.8 Å². The number of hydrogen-bond acceptors (Lipinski definition) is 7. The van der Waals surface area contributed by atoms with Gasteiger partial charge in [0.15, 0.2) is 0 Å². The molecule has 0 aliphatic heterocycles. The molecule has 128 valence electrons. The zero-order valence-electron chi connectivity index (χ0n) is 13.7. The number of nitrogens with zero attached hydrogens (tertiary/aromatic N) is 3. The quantitative estimate of drug-likeness (QED) is 0.678. The van der Waals surface area contributed by atoms with E-state index in [1.807, 2.05) is 25.1 Å². The molecule has 0 atom stereocenters. The van der Waals surface area contributed by atoms with Crippen LogP contribution < -0.4 is 10.1 Å². The number of pyridine rings is 1. The minimum atomic E-state index is -0.183. The van der Waals surface area contributed by atoms with Gasteiger partial charge in [0, 0.05) is 18.0 Å². The second-order valence-electron chi connectivity index (χ2n) is 5.15. The maximum absolute atomic E-state index is 12.2. The number of carbonyl (C=O) groups is 1. The fourth-order valence-electron chi connectivity index (χ4n) is 2.11. The van der Waals surface area contributed by atoms with E-state index in [9.17, 15) is 4.79 Å². The van der Waals surface area contributed by atoms with Crippen molar-refractivity contribution >= 4 is 23.4 Å². The molecule has 2 aromatic heterocycles. The van der Waals surface area contributed by atoms with Crippen LogP contribution in [-0.2, 0) is 4.79 Å². The van der Waals surface area contributed by atoms with Crippen molar-refractivity contribution < 1.29 is 13.9 Å². The number of thioether (sulfide) groups is 1. The van der Waals surface area contributed by atoms with Crippen LogP contribution in [0.25, 0.3) is 11.5 Å². The Labute approximate surface area is 148 Å². The van der Waals surface area contributed by atoms with E-state index in [2.05, 4.69) is 20.5 Å². The third kappa shape index (κ3) is 4.36. The Morgan fingerprint density at radius 3 is 2.80 bits per heavy atom. The highest BCUT2D eigenvalue weighted by atomic mass is 32.2. The molecule has 0 saturated carbocycles. The van der Waals surface area contributed by atoms with E-state index in [0.29, 0.717) is 22.6 Å². The predicted octanol–water partition coefficient (Wildman–Crippen LogP) is 3.18. The molecule has 1 aromatic carbocycles. The first kappa shape index (κ1) is 17.0. The normalized spacial score (nSPS) is 10.5. The van der Waals surface area contributed by atoms with Gasteiger partial charge in [-0.25, -0.2) is 0 Å². The van der Waals surface area contributed by atoms with Gasteiger partial charge >= 0.3 is 0 Å². The molecular formula is C17H16N4O3S. The first-order valence-corrected chi connectivity index (χ1v) is 8.45. The first-order valence-electron chi connectivity index (χ1n) is 7.47. The number of nitrogens with one attached hydrogen (secondary N) is 1. The molecule has 3 aromatic rings. The Kier molecular flexibility index (Phi) is 5.30. The summed E-state index contributed by atoms with van der Waals surface area (Å²) in [6, 6.07) is 9.15. The maximum Gasteiger partial charge on any atom is 0.277 e. The minimum absolute atomic E-state index is 0.148. The average Bonchev–Trinajstić information content (AvgIpc) is 3.10. The third-order valence-corrected chi connectivity index (χ3v) is 4.11. The van der Waals surface area contributed by atoms with Crippen molar-refractivity contribution in [2.24, 2.45) is 0 Å². The number of ether oxygens (including phenoxy) is 1. The lowest BCUT2D eigenvalue weighted by Crippen LogP contribution is -2.14. The van der Waals surface area contributed by atoms with Crippen LogP contribution in [0.2, 0.25) is 0 Å². The van der Waals surface area contributed by atoms with Gasteiger partial charge in [-0.15, -0.1) is 10.2 Å². The smallest absolute Gasteiger partial charge is 0.277 e. The third-order valence-electron chi connectivity index (χ3n) is 3.29. The summed E-state index contributed by atoms with van der Waals surface area (Å²) in [5.74, 6) is 0.972. The SMILES string of the molecule is COc1ccc(C)cc1NC(=O)CSc1nnc(-c2ccncc2)o1. The minimum Gasteiger partial charge on any atom is -0.495 e. The van der Waals surface area contributed by atoms with Crippen LogP contribution in [0.4, 0.5) is 5.69 Å². The highest BCUT2D eigenvalue weighted by Gasteiger charge is 2.12. The summed E-state index contributed by atoms with van der Waals surface area (Å²) in [4.78, 5) is 16.1. The summed E-state index contributed by atoms with van der Waals surface area (Å²) >= 11 is 1.17. The zero-order valence-corrected chi connectivity index (χ0v) is 14.5. The van der Waals surface area contributed by atoms with Crippen LogP contribution in [-0.4, -0.2) is 34.0 Å². The molecule has 25 heavy (non-hydrogen) atoms. The van der Waals surface area contributed by atoms with Crippen molar-refractivity contribution in [1.29, 1.82) is 0 Å². The van der Waals surface area contributed by atoms with Gasteiger partial charge in [-0.3, -0.25) is 9.78 Å². The highest BCUT2D eigenvalue weighted by Crippen LogP contribution is 2.26. The molecule has 0 aliphatic rings. The molecular weight excluding hydrogens is 340 g/mol. The largest absolute Gasteiger partial charge is 0.495 e. The van der Waals surface area contributed by atoms with Crippen molar-refractivity contribution in [2.75, 3.05) is 18.2 Å². The number of aromatic nitrogens is 3. The fraction of sp³-hybridized carbons (Fsp3) is 0.176. The monoisotopic (exact) mass is 356 g/mol. The maximum atomic E-state index is 12.2. The number of benzene rings is 1. The van der Waals surface area contributed by atoms with Crippen molar-refractivity contribution in [3.63, 3.8) is 0 Å². The molecule has 0 aliphatic carbocycles. The van der Waals surface area contributed by atoms with Crippen LogP contribution in [0.5, 0.6) is 5.75 Å². The van der Waals surface area contributed by atoms with Gasteiger partial charge < -0.3 is 14.5 Å². The van der Waals surface area contributed by atoms with Crippen LogP contribution in [0.15, 0.2) is 52.4 Å². The van der Waals surface area contributed by atoms with Gasteiger partial charge in [0.05, 0.1) is 18.6 Å². The van der Waals surface area contributed by atoms with Crippen molar-refractivity contribution in [3.05, 3.63) is 48.3 Å². The molecule has 0 fully saturated rings. The topological polar surface area (TPSA) is 90.1 Å². The van der Waals surface area contributed by atoms with E-state index in [4.69, 9.17) is 9.15 Å². The number of hydrogen-bond donors (Lipinski definition) is 1. The van der Waals surface area contributed by atoms with E-state index in [0.717, 1.165) is 11.1 Å². The molecule has 0 unspecified atom stereocenters. The lowest BCUT2D eigenvalue weighted by atomic mass is 10.2. The number of rotatable bonds is 6. The van der Waals surface area contributed by atoms with E-state index in [1.165, 1.54) is 11.8 Å². The molecule has 1 N–H and O–H groups in total. The molecule has 0 radical (unpaired) electrons. The van der Waals surface area contributed by atoms with Crippen LogP contribution in [0, 0.1) is 6.92 Å². The van der Waals surface area contributed by atoms with Crippen LogP contribution >= 0.6 is 11.8 Å². The number of anilines is 1. The Balaban J connectivity index is 1.60. The van der Waals surface area contributed by atoms with Gasteiger partial charge in [0.1, 0.15) is 5.75 Å². The Morgan fingerprint density at radius 2 is 2.04 bits per heavy atom. The van der Waals surface area contributed by atoms with E-state index in [-0.39, 0.29) is 11.7 Å². The number of aryl methyl sites for hydroxylation is 1. The van der Waals surface area contributed by atoms with Crippen molar-refractivity contribution in [2.45, 2.75) is 12.1 Å². The predicted molar refractivity (Wildman–Crippen MR) is 94.6 cm³/mol. The van der Waals surface area contributed by atoms with Gasteiger partial charge in [0.25, 0.3) is 5.22 Å². The Bertz CT molecular complexity index is 867. The lowest BCUT2D eigenvalue weighted by Gasteiger charge is -2.10. The standard InChI is InChI=1S/C17H16N4O3S/c1-11-3-4-14(23-2)13(9-11)19-15(22)10-25-17-21-20-16(24-17)12-5-7-18-8-6-12/h3-9H,10H2,1-2H3,(H,19,22). The van der Waals surface area contributed by atoms with Crippen LogP contribution in [0.1, 0.15) is 5.56 Å². The fourth-order valence-corrected chi connectivity index (χ4v) is 2.68. The summed E-state index contributed by atoms with van der Waals surface area (Å²) < 4.78 is 10.8. The van der Waals surface area contributed by atoms with Gasteiger partial charge in [-0.2, -0.15) is 0 Å². The van der Waals surface area contributed by atoms with Crippen molar-refractivity contribution in [3.8, 4) is 17.2 Å². The Hall–Kier alpha value is -2.87. The summed E-state index contributed by atoms with van der Waals surface area (Å²) in [6.07, 6.45) is 3.30. The molecule has 0 spiro atoms. The van der Waals surface area contributed by atoms with E-state index >= 15 is 0 Å². The second kappa shape index (κ2) is 7.80. The van der Waals surface area contributed by atoms with Gasteiger partial charge in [0.2, 0.25) is 11.8 Å². The molecule has 3 rings (SSSR count). The number of methoxy groups -OCH3 is 1. The summed E-state index contributed by atoms with van der Waals surface area (Å²) in [5, 5.41) is 11.1. The first-order chi connectivity index (χ1) is 12.2. The molecule has 2 heterocycles. The van der Waals surface area contributed by atoms with Crippen molar-refractivity contribution in [1.82, 2.24) is 15.2 Å². The zero-order chi connectivity index (χ0) is 17.6. The molecule has 0 bridgehead atoms. The number of carbonyl (C=O) groups excluding carboxylic acids is 1. The van der Waals surface area contributed by atoms with Gasteiger partial charge in [-0.1, -0.05) is 17.8 Å². The second-order valence-corrected chi connectivity index (χ2v) is 6.08. The number of amides is 1. The molecule has 1 amide bonds. The molecule has 8 heteroatoms. The molecule has 0 saturated heterocycles. The Morgan fingerprint density at radius 1 is 1.24 bits per heavy atom. The van der Waals surface area contributed by atoms with Crippen LogP contribution in [0.3, 0.4) is 0 Å². The summed E-state index contributed by atoms with van der Waals surface area (Å²) in [7, 11) is 1.56.